The third-order valence-corrected chi connectivity index (χ3v) is 6.19. The molecule has 0 unspecified atom stereocenters. The number of amides is 1. The molecule has 0 bridgehead atoms. The van der Waals surface area contributed by atoms with Gasteiger partial charge in [0.05, 0.1) is 17.6 Å². The van der Waals surface area contributed by atoms with Crippen LogP contribution < -0.4 is 16.0 Å². The minimum atomic E-state index is -0.279. The van der Waals surface area contributed by atoms with Gasteiger partial charge in [-0.2, -0.15) is 0 Å². The molecule has 0 radical (unpaired) electrons. The van der Waals surface area contributed by atoms with Crippen LogP contribution in [-0.4, -0.2) is 35.0 Å². The fourth-order valence-corrected chi connectivity index (χ4v) is 4.51. The Morgan fingerprint density at radius 3 is 2.83 bits per heavy atom. The molecule has 3 aromatic rings. The molecule has 4 atom stereocenters. The zero-order chi connectivity index (χ0) is 20.8. The van der Waals surface area contributed by atoms with Crippen LogP contribution >= 0.6 is 0 Å². The first kappa shape index (κ1) is 19.1. The quantitative estimate of drug-likeness (QED) is 0.686. The van der Waals surface area contributed by atoms with Crippen molar-refractivity contribution < 1.29 is 9.21 Å². The summed E-state index contributed by atoms with van der Waals surface area (Å²) >= 11 is 0. The lowest BCUT2D eigenvalue weighted by molar-refractivity contribution is 0.102. The summed E-state index contributed by atoms with van der Waals surface area (Å²) in [5.74, 6) is 2.32. The first-order valence-corrected chi connectivity index (χ1v) is 10.6. The molecule has 7 heteroatoms. The van der Waals surface area contributed by atoms with Crippen molar-refractivity contribution in [2.45, 2.75) is 38.6 Å². The van der Waals surface area contributed by atoms with Gasteiger partial charge in [0.2, 0.25) is 5.71 Å². The Kier molecular flexibility index (Phi) is 4.70. The fourth-order valence-electron chi connectivity index (χ4n) is 4.51. The van der Waals surface area contributed by atoms with Crippen molar-refractivity contribution in [3.63, 3.8) is 0 Å². The standard InChI is InChI=1S/C23H27N5O2/c1-13-7-16(24)12-28(11-13)20-5-6-25-10-19(20)26-22(29)18-4-3-15-9-21(17-8-14(17)2)30-23(15)27-18/h3-6,9-10,13-14,16-17H,7-8,11-12,24H2,1-2H3,(H,26,29)/t13-,14+,16+,17+/m1/s1. The maximum absolute atomic E-state index is 12.9. The Balaban J connectivity index is 1.38. The monoisotopic (exact) mass is 405 g/mol. The van der Waals surface area contributed by atoms with Gasteiger partial charge in [0, 0.05) is 36.6 Å². The van der Waals surface area contributed by atoms with Crippen LogP contribution in [0.25, 0.3) is 11.1 Å². The number of nitrogens with zero attached hydrogens (tertiary/aromatic N) is 3. The molecule has 2 fully saturated rings. The number of carbonyl (C=O) groups is 1. The number of aromatic nitrogens is 2. The molecular formula is C23H27N5O2. The van der Waals surface area contributed by atoms with Crippen LogP contribution in [0.1, 0.15) is 48.9 Å². The van der Waals surface area contributed by atoms with Gasteiger partial charge in [-0.15, -0.1) is 0 Å². The van der Waals surface area contributed by atoms with Crippen molar-refractivity contribution in [3.8, 4) is 0 Å². The van der Waals surface area contributed by atoms with Gasteiger partial charge in [-0.1, -0.05) is 13.8 Å². The lowest BCUT2D eigenvalue weighted by Crippen LogP contribution is -2.46. The van der Waals surface area contributed by atoms with Gasteiger partial charge in [0.1, 0.15) is 11.5 Å². The molecule has 1 saturated carbocycles. The third kappa shape index (κ3) is 3.65. The average Bonchev–Trinajstić information content (AvgIpc) is 3.29. The van der Waals surface area contributed by atoms with Crippen LogP contribution in [0.3, 0.4) is 0 Å². The Morgan fingerprint density at radius 2 is 2.07 bits per heavy atom. The SMILES string of the molecule is C[C@@H]1C[C@H](N)CN(c2ccncc2NC(=O)c2ccc3cc([C@H]4C[C@@H]4C)oc3n2)C1. The van der Waals surface area contributed by atoms with Crippen molar-refractivity contribution in [2.24, 2.45) is 17.6 Å². The van der Waals surface area contributed by atoms with Crippen LogP contribution in [0, 0.1) is 11.8 Å². The maximum atomic E-state index is 12.9. The van der Waals surface area contributed by atoms with Gasteiger partial charge in [-0.3, -0.25) is 9.78 Å². The van der Waals surface area contributed by atoms with E-state index >= 15 is 0 Å². The summed E-state index contributed by atoms with van der Waals surface area (Å²) in [6, 6.07) is 7.72. The minimum Gasteiger partial charge on any atom is -0.442 e. The predicted molar refractivity (Wildman–Crippen MR) is 117 cm³/mol. The molecule has 0 spiro atoms. The van der Waals surface area contributed by atoms with Crippen LogP contribution in [0.2, 0.25) is 0 Å². The fraction of sp³-hybridized carbons (Fsp3) is 0.435. The van der Waals surface area contributed by atoms with Crippen molar-refractivity contribution in [2.75, 3.05) is 23.3 Å². The summed E-state index contributed by atoms with van der Waals surface area (Å²) in [6.45, 7) is 6.08. The number of pyridine rings is 2. The third-order valence-electron chi connectivity index (χ3n) is 6.19. The van der Waals surface area contributed by atoms with Gasteiger partial charge >= 0.3 is 0 Å². The number of anilines is 2. The molecule has 1 aliphatic carbocycles. The van der Waals surface area contributed by atoms with Gasteiger partial charge in [-0.05, 0) is 48.9 Å². The van der Waals surface area contributed by atoms with Crippen molar-refractivity contribution in [1.29, 1.82) is 0 Å². The Bertz CT molecular complexity index is 1080. The second-order valence-corrected chi connectivity index (χ2v) is 8.91. The van der Waals surface area contributed by atoms with E-state index in [-0.39, 0.29) is 11.9 Å². The van der Waals surface area contributed by atoms with E-state index in [4.69, 9.17) is 10.2 Å². The molecule has 3 N–H and O–H groups in total. The number of nitrogens with one attached hydrogen (secondary N) is 1. The molecule has 30 heavy (non-hydrogen) atoms. The van der Waals surface area contributed by atoms with Crippen LogP contribution in [0.5, 0.6) is 0 Å². The second-order valence-electron chi connectivity index (χ2n) is 8.91. The molecule has 156 valence electrons. The average molecular weight is 406 g/mol. The molecule has 7 nitrogen and oxygen atoms in total. The number of fused-ring (bicyclic) bond motifs is 1. The highest BCUT2D eigenvalue weighted by Crippen LogP contribution is 2.48. The predicted octanol–water partition coefficient (Wildman–Crippen LogP) is 3.77. The van der Waals surface area contributed by atoms with Crippen LogP contribution in [0.15, 0.2) is 41.1 Å². The Hall–Kier alpha value is -2.93. The first-order chi connectivity index (χ1) is 14.5. The largest absolute Gasteiger partial charge is 0.442 e. The number of nitrogens with two attached hydrogens (primary N) is 1. The van der Waals surface area contributed by atoms with Crippen molar-refractivity contribution in [1.82, 2.24) is 9.97 Å². The van der Waals surface area contributed by atoms with E-state index in [2.05, 4.69) is 34.0 Å². The topological polar surface area (TPSA) is 97.3 Å². The lowest BCUT2D eigenvalue weighted by Gasteiger charge is -2.37. The van der Waals surface area contributed by atoms with Crippen molar-refractivity contribution >= 4 is 28.4 Å². The van der Waals surface area contributed by atoms with Crippen LogP contribution in [-0.2, 0) is 0 Å². The van der Waals surface area contributed by atoms with Gasteiger partial charge in [0.15, 0.2) is 0 Å². The van der Waals surface area contributed by atoms with E-state index in [1.807, 2.05) is 18.2 Å². The molecule has 3 aromatic heterocycles. The Morgan fingerprint density at radius 1 is 1.23 bits per heavy atom. The molecule has 4 heterocycles. The van der Waals surface area contributed by atoms with E-state index in [1.165, 1.54) is 0 Å². The van der Waals surface area contributed by atoms with Gasteiger partial charge in [-0.25, -0.2) is 4.98 Å². The first-order valence-electron chi connectivity index (χ1n) is 10.6. The van der Waals surface area contributed by atoms with E-state index in [0.717, 1.165) is 42.8 Å². The summed E-state index contributed by atoms with van der Waals surface area (Å²) in [6.07, 6.45) is 5.58. The highest BCUT2D eigenvalue weighted by molar-refractivity contribution is 6.05. The highest BCUT2D eigenvalue weighted by Gasteiger charge is 2.37. The number of carbonyl (C=O) groups excluding carboxylic acids is 1. The summed E-state index contributed by atoms with van der Waals surface area (Å²) in [4.78, 5) is 23.8. The van der Waals surface area contributed by atoms with Gasteiger partial charge < -0.3 is 20.4 Å². The Labute approximate surface area is 175 Å². The smallest absolute Gasteiger partial charge is 0.274 e. The zero-order valence-electron chi connectivity index (χ0n) is 17.3. The van der Waals surface area contributed by atoms with E-state index in [0.29, 0.717) is 34.8 Å². The van der Waals surface area contributed by atoms with Gasteiger partial charge in [0.25, 0.3) is 5.91 Å². The molecule has 1 amide bonds. The zero-order valence-corrected chi connectivity index (χ0v) is 17.3. The number of rotatable bonds is 4. The summed E-state index contributed by atoms with van der Waals surface area (Å²) in [5, 5.41) is 3.91. The molecule has 1 aliphatic heterocycles. The van der Waals surface area contributed by atoms with Crippen LogP contribution in [0.4, 0.5) is 11.4 Å². The molecule has 0 aromatic carbocycles. The number of hydrogen-bond donors (Lipinski definition) is 2. The number of hydrogen-bond acceptors (Lipinski definition) is 6. The summed E-state index contributed by atoms with van der Waals surface area (Å²) in [5.41, 5.74) is 8.66. The second kappa shape index (κ2) is 7.40. The molecule has 1 saturated heterocycles. The molecule has 2 aliphatic rings. The number of furan rings is 1. The molecule has 5 rings (SSSR count). The maximum Gasteiger partial charge on any atom is 0.274 e. The lowest BCUT2D eigenvalue weighted by atomic mass is 9.96. The minimum absolute atomic E-state index is 0.122. The normalized spacial score (nSPS) is 26.0. The highest BCUT2D eigenvalue weighted by atomic mass is 16.3. The number of piperidine rings is 1. The van der Waals surface area contributed by atoms with E-state index < -0.39 is 0 Å². The molecular weight excluding hydrogens is 378 g/mol. The van der Waals surface area contributed by atoms with E-state index in [1.54, 1.807) is 18.5 Å². The summed E-state index contributed by atoms with van der Waals surface area (Å²) in [7, 11) is 0. The summed E-state index contributed by atoms with van der Waals surface area (Å²) < 4.78 is 5.92. The van der Waals surface area contributed by atoms with Crippen molar-refractivity contribution in [3.05, 3.63) is 48.1 Å². The van der Waals surface area contributed by atoms with E-state index in [9.17, 15) is 4.79 Å².